The number of hydrogen-bond acceptors (Lipinski definition) is 4. The molecule has 1 aliphatic rings. The van der Waals surface area contributed by atoms with E-state index in [9.17, 15) is 10.1 Å². The average molecular weight is 263 g/mol. The van der Waals surface area contributed by atoms with Gasteiger partial charge in [0.25, 0.3) is 5.69 Å². The molecule has 1 aromatic rings. The van der Waals surface area contributed by atoms with Crippen LogP contribution in [0.4, 0.5) is 5.69 Å². The average Bonchev–Trinajstić information content (AvgIpc) is 2.82. The lowest BCUT2D eigenvalue weighted by Gasteiger charge is -2.27. The molecular formula is C14H21N3O2. The molecule has 1 saturated heterocycles. The van der Waals surface area contributed by atoms with Crippen LogP contribution in [0.3, 0.4) is 0 Å². The minimum atomic E-state index is -0.286. The van der Waals surface area contributed by atoms with Crippen LogP contribution < -0.4 is 5.73 Å². The van der Waals surface area contributed by atoms with Gasteiger partial charge in [-0.2, -0.15) is 0 Å². The lowest BCUT2D eigenvalue weighted by atomic mass is 9.92. The Bertz CT molecular complexity index is 450. The van der Waals surface area contributed by atoms with Gasteiger partial charge in [0.2, 0.25) is 0 Å². The largest absolute Gasteiger partial charge is 0.330 e. The molecule has 1 aromatic carbocycles. The minimum absolute atomic E-state index is 0.0894. The first kappa shape index (κ1) is 14.0. The number of para-hydroxylation sites is 1. The third kappa shape index (κ3) is 2.77. The first-order valence-electron chi connectivity index (χ1n) is 6.86. The number of likely N-dealkylation sites (tertiary alicyclic amines) is 1. The summed E-state index contributed by atoms with van der Waals surface area (Å²) in [5.41, 5.74) is 6.88. The van der Waals surface area contributed by atoms with Gasteiger partial charge in [-0.15, -0.1) is 0 Å². The predicted octanol–water partition coefficient (Wildman–Crippen LogP) is 2.33. The Hall–Kier alpha value is -1.46. The number of nitro groups is 1. The summed E-state index contributed by atoms with van der Waals surface area (Å²) < 4.78 is 0. The fourth-order valence-electron chi connectivity index (χ4n) is 3.07. The van der Waals surface area contributed by atoms with E-state index in [2.05, 4.69) is 11.8 Å². The van der Waals surface area contributed by atoms with Crippen LogP contribution in [0.5, 0.6) is 0 Å². The molecule has 0 bridgehead atoms. The van der Waals surface area contributed by atoms with Gasteiger partial charge in [0.05, 0.1) is 4.92 Å². The van der Waals surface area contributed by atoms with Gasteiger partial charge >= 0.3 is 0 Å². The first-order chi connectivity index (χ1) is 9.19. The number of nitrogens with zero attached hydrogens (tertiary/aromatic N) is 2. The van der Waals surface area contributed by atoms with Crippen LogP contribution in [0.25, 0.3) is 0 Å². The highest BCUT2D eigenvalue weighted by Gasteiger charge is 2.37. The van der Waals surface area contributed by atoms with Gasteiger partial charge in [-0.25, -0.2) is 0 Å². The molecule has 0 saturated carbocycles. The summed E-state index contributed by atoms with van der Waals surface area (Å²) in [6.07, 6.45) is 2.07. The Morgan fingerprint density at radius 3 is 2.84 bits per heavy atom. The van der Waals surface area contributed by atoms with Crippen LogP contribution in [-0.4, -0.2) is 29.5 Å². The van der Waals surface area contributed by atoms with E-state index in [1.54, 1.807) is 12.1 Å². The topological polar surface area (TPSA) is 72.4 Å². The predicted molar refractivity (Wildman–Crippen MR) is 74.9 cm³/mol. The fraction of sp³-hybridized carbons (Fsp3) is 0.571. The van der Waals surface area contributed by atoms with Gasteiger partial charge in [0.15, 0.2) is 0 Å². The molecule has 2 N–H and O–H groups in total. The zero-order chi connectivity index (χ0) is 13.8. The summed E-state index contributed by atoms with van der Waals surface area (Å²) in [6.45, 7) is 4.66. The highest BCUT2D eigenvalue weighted by molar-refractivity contribution is 5.42. The molecular weight excluding hydrogens is 242 g/mol. The zero-order valence-electron chi connectivity index (χ0n) is 11.3. The summed E-state index contributed by atoms with van der Waals surface area (Å²) in [5.74, 6) is 0.313. The van der Waals surface area contributed by atoms with Crippen LogP contribution >= 0.6 is 0 Å². The summed E-state index contributed by atoms with van der Waals surface area (Å²) in [6, 6.07) is 7.15. The molecule has 2 unspecified atom stereocenters. The van der Waals surface area contributed by atoms with E-state index in [0.717, 1.165) is 31.5 Å². The molecule has 5 heteroatoms. The van der Waals surface area contributed by atoms with Crippen LogP contribution in [-0.2, 0) is 0 Å². The SMILES string of the molecule is CCCN1CCC(CN)C1c1ccccc1[N+](=O)[O-]. The number of rotatable bonds is 5. The molecule has 0 spiro atoms. The second-order valence-corrected chi connectivity index (χ2v) is 5.08. The van der Waals surface area contributed by atoms with Crippen LogP contribution in [0.2, 0.25) is 0 Å². The third-order valence-electron chi connectivity index (χ3n) is 3.89. The van der Waals surface area contributed by atoms with Crippen molar-refractivity contribution in [3.8, 4) is 0 Å². The Labute approximate surface area is 113 Å². The van der Waals surface area contributed by atoms with E-state index in [1.165, 1.54) is 0 Å². The van der Waals surface area contributed by atoms with E-state index in [1.807, 2.05) is 12.1 Å². The number of hydrogen-bond donors (Lipinski definition) is 1. The second-order valence-electron chi connectivity index (χ2n) is 5.08. The first-order valence-corrected chi connectivity index (χ1v) is 6.86. The van der Waals surface area contributed by atoms with Crippen molar-refractivity contribution in [1.82, 2.24) is 4.90 Å². The van der Waals surface area contributed by atoms with E-state index in [4.69, 9.17) is 5.73 Å². The van der Waals surface area contributed by atoms with E-state index in [-0.39, 0.29) is 16.7 Å². The maximum absolute atomic E-state index is 11.2. The van der Waals surface area contributed by atoms with E-state index < -0.39 is 0 Å². The van der Waals surface area contributed by atoms with Gasteiger partial charge in [0, 0.05) is 17.7 Å². The minimum Gasteiger partial charge on any atom is -0.330 e. The highest BCUT2D eigenvalue weighted by atomic mass is 16.6. The summed E-state index contributed by atoms with van der Waals surface area (Å²) in [4.78, 5) is 13.2. The van der Waals surface area contributed by atoms with Gasteiger partial charge in [-0.3, -0.25) is 15.0 Å². The van der Waals surface area contributed by atoms with E-state index in [0.29, 0.717) is 12.5 Å². The summed E-state index contributed by atoms with van der Waals surface area (Å²) >= 11 is 0. The molecule has 1 aliphatic heterocycles. The molecule has 0 aromatic heterocycles. The molecule has 1 fully saturated rings. The molecule has 19 heavy (non-hydrogen) atoms. The van der Waals surface area contributed by atoms with Gasteiger partial charge in [-0.1, -0.05) is 25.1 Å². The molecule has 2 rings (SSSR count). The Kier molecular flexibility index (Phi) is 4.50. The maximum Gasteiger partial charge on any atom is 0.274 e. The Balaban J connectivity index is 2.38. The smallest absolute Gasteiger partial charge is 0.274 e. The Morgan fingerprint density at radius 2 is 2.21 bits per heavy atom. The fourth-order valence-corrected chi connectivity index (χ4v) is 3.07. The monoisotopic (exact) mass is 263 g/mol. The van der Waals surface area contributed by atoms with Crippen molar-refractivity contribution in [1.29, 1.82) is 0 Å². The lowest BCUT2D eigenvalue weighted by molar-refractivity contribution is -0.386. The zero-order valence-corrected chi connectivity index (χ0v) is 11.3. The number of nitrogens with two attached hydrogens (primary N) is 1. The van der Waals surface area contributed by atoms with Crippen LogP contribution in [0.1, 0.15) is 31.4 Å². The van der Waals surface area contributed by atoms with Crippen molar-refractivity contribution in [3.05, 3.63) is 39.9 Å². The summed E-state index contributed by atoms with van der Waals surface area (Å²) in [7, 11) is 0. The molecule has 2 atom stereocenters. The van der Waals surface area contributed by atoms with Crippen molar-refractivity contribution in [3.63, 3.8) is 0 Å². The van der Waals surface area contributed by atoms with Crippen molar-refractivity contribution in [2.75, 3.05) is 19.6 Å². The Morgan fingerprint density at radius 1 is 1.47 bits per heavy atom. The molecule has 0 aliphatic carbocycles. The highest BCUT2D eigenvalue weighted by Crippen LogP contribution is 2.40. The molecule has 104 valence electrons. The van der Waals surface area contributed by atoms with Crippen molar-refractivity contribution in [2.24, 2.45) is 11.7 Å². The van der Waals surface area contributed by atoms with Gasteiger partial charge in [0.1, 0.15) is 0 Å². The van der Waals surface area contributed by atoms with Crippen molar-refractivity contribution in [2.45, 2.75) is 25.8 Å². The standard InChI is InChI=1S/C14H21N3O2/c1-2-8-16-9-7-11(10-15)14(16)12-5-3-4-6-13(12)17(18)19/h3-6,11,14H,2,7-10,15H2,1H3. The molecule has 1 heterocycles. The maximum atomic E-state index is 11.2. The number of benzene rings is 1. The van der Waals surface area contributed by atoms with Crippen molar-refractivity contribution < 1.29 is 4.92 Å². The molecule has 0 radical (unpaired) electrons. The van der Waals surface area contributed by atoms with Crippen molar-refractivity contribution >= 4 is 5.69 Å². The lowest BCUT2D eigenvalue weighted by Crippen LogP contribution is -2.29. The molecule has 0 amide bonds. The van der Waals surface area contributed by atoms with Gasteiger partial charge in [-0.05, 0) is 38.4 Å². The quantitative estimate of drug-likeness (QED) is 0.653. The second kappa shape index (κ2) is 6.12. The summed E-state index contributed by atoms with van der Waals surface area (Å²) in [5, 5.41) is 11.2. The third-order valence-corrected chi connectivity index (χ3v) is 3.89. The van der Waals surface area contributed by atoms with Crippen LogP contribution in [0.15, 0.2) is 24.3 Å². The molecule has 5 nitrogen and oxygen atoms in total. The number of nitro benzene ring substituents is 1. The normalized spacial score (nSPS) is 23.7. The van der Waals surface area contributed by atoms with E-state index >= 15 is 0 Å². The van der Waals surface area contributed by atoms with Crippen LogP contribution in [0, 0.1) is 16.0 Å². The van der Waals surface area contributed by atoms with Gasteiger partial charge < -0.3 is 5.73 Å².